The van der Waals surface area contributed by atoms with Gasteiger partial charge in [-0.2, -0.15) is 0 Å². The Kier molecular flexibility index (Phi) is 2.69. The molecule has 0 aliphatic heterocycles. The van der Waals surface area contributed by atoms with Gasteiger partial charge in [-0.15, -0.1) is 0 Å². The molecule has 0 fully saturated rings. The van der Waals surface area contributed by atoms with E-state index in [1.807, 2.05) is 19.1 Å². The van der Waals surface area contributed by atoms with E-state index in [1.54, 1.807) is 18.6 Å². The van der Waals surface area contributed by atoms with Crippen LogP contribution in [0.2, 0.25) is 0 Å². The summed E-state index contributed by atoms with van der Waals surface area (Å²) in [5.41, 5.74) is 8.32. The topological polar surface area (TPSA) is 64.7 Å². The maximum atomic E-state index is 5.47. The number of nitrogens with zero attached hydrogens (tertiary/aromatic N) is 3. The highest BCUT2D eigenvalue weighted by molar-refractivity contribution is 5.49. The van der Waals surface area contributed by atoms with Crippen molar-refractivity contribution < 1.29 is 0 Å². The number of nitrogens with two attached hydrogens (primary N) is 1. The first-order valence-corrected chi connectivity index (χ1v) is 4.73. The van der Waals surface area contributed by atoms with Crippen LogP contribution in [0, 0.1) is 6.92 Å². The summed E-state index contributed by atoms with van der Waals surface area (Å²) in [5, 5.41) is 0. The second kappa shape index (κ2) is 4.14. The molecule has 0 aliphatic carbocycles. The maximum Gasteiger partial charge on any atom is 0.178 e. The highest BCUT2D eigenvalue weighted by atomic mass is 14.9. The molecular weight excluding hydrogens is 188 g/mol. The molecule has 0 atom stereocenters. The Morgan fingerprint density at radius 3 is 2.53 bits per heavy atom. The molecule has 0 spiro atoms. The molecule has 0 saturated heterocycles. The van der Waals surface area contributed by atoms with Crippen LogP contribution in [0.3, 0.4) is 0 Å². The van der Waals surface area contributed by atoms with E-state index in [0.29, 0.717) is 12.4 Å². The van der Waals surface area contributed by atoms with Crippen molar-refractivity contribution in [3.8, 4) is 11.5 Å². The van der Waals surface area contributed by atoms with Crippen LogP contribution in [-0.2, 0) is 6.54 Å². The van der Waals surface area contributed by atoms with Gasteiger partial charge in [0.1, 0.15) is 5.69 Å². The van der Waals surface area contributed by atoms with Gasteiger partial charge in [-0.05, 0) is 24.6 Å². The lowest BCUT2D eigenvalue weighted by molar-refractivity contribution is 1.01. The van der Waals surface area contributed by atoms with Gasteiger partial charge in [-0.1, -0.05) is 0 Å². The summed E-state index contributed by atoms with van der Waals surface area (Å²) in [6, 6.07) is 3.90. The third-order valence-corrected chi connectivity index (χ3v) is 2.09. The standard InChI is InChI=1S/C11H12N4/c1-8-2-3-13-10(4-8)11-14-6-9(5-12)7-15-11/h2-4,6-7H,5,12H2,1H3. The molecule has 4 nitrogen and oxygen atoms in total. The van der Waals surface area contributed by atoms with Gasteiger partial charge in [0, 0.05) is 30.7 Å². The molecule has 2 aromatic heterocycles. The fourth-order valence-corrected chi connectivity index (χ4v) is 1.25. The Bertz CT molecular complexity index is 450. The second-order valence-electron chi connectivity index (χ2n) is 3.34. The SMILES string of the molecule is Cc1ccnc(-c2ncc(CN)cn2)c1. The summed E-state index contributed by atoms with van der Waals surface area (Å²) in [6.45, 7) is 2.47. The zero-order valence-corrected chi connectivity index (χ0v) is 8.51. The molecule has 2 rings (SSSR count). The van der Waals surface area contributed by atoms with E-state index < -0.39 is 0 Å². The Labute approximate surface area is 88.2 Å². The van der Waals surface area contributed by atoms with Gasteiger partial charge in [0.25, 0.3) is 0 Å². The fraction of sp³-hybridized carbons (Fsp3) is 0.182. The Balaban J connectivity index is 2.37. The Morgan fingerprint density at radius 1 is 1.20 bits per heavy atom. The monoisotopic (exact) mass is 200 g/mol. The maximum absolute atomic E-state index is 5.47. The summed E-state index contributed by atoms with van der Waals surface area (Å²) in [7, 11) is 0. The molecule has 76 valence electrons. The minimum absolute atomic E-state index is 0.460. The van der Waals surface area contributed by atoms with Crippen LogP contribution in [0.25, 0.3) is 11.5 Å². The molecule has 2 heterocycles. The van der Waals surface area contributed by atoms with E-state index in [0.717, 1.165) is 16.8 Å². The molecule has 15 heavy (non-hydrogen) atoms. The van der Waals surface area contributed by atoms with E-state index in [1.165, 1.54) is 0 Å². The molecular formula is C11H12N4. The molecule has 2 aromatic rings. The highest BCUT2D eigenvalue weighted by Crippen LogP contribution is 2.12. The van der Waals surface area contributed by atoms with Gasteiger partial charge >= 0.3 is 0 Å². The molecule has 0 saturated carbocycles. The van der Waals surface area contributed by atoms with Gasteiger partial charge in [0.15, 0.2) is 5.82 Å². The van der Waals surface area contributed by atoms with Crippen molar-refractivity contribution in [1.29, 1.82) is 0 Å². The molecule has 0 amide bonds. The predicted octanol–water partition coefficient (Wildman–Crippen LogP) is 1.31. The summed E-state index contributed by atoms with van der Waals surface area (Å²) in [5.74, 6) is 0.635. The molecule has 0 bridgehead atoms. The van der Waals surface area contributed by atoms with Gasteiger partial charge in [0.05, 0.1) is 0 Å². The van der Waals surface area contributed by atoms with Crippen molar-refractivity contribution in [1.82, 2.24) is 15.0 Å². The van der Waals surface area contributed by atoms with Crippen LogP contribution in [0.15, 0.2) is 30.7 Å². The average Bonchev–Trinajstić information content (AvgIpc) is 2.29. The smallest absolute Gasteiger partial charge is 0.178 e. The predicted molar refractivity (Wildman–Crippen MR) is 57.9 cm³/mol. The summed E-state index contributed by atoms with van der Waals surface area (Å²) in [4.78, 5) is 12.6. The summed E-state index contributed by atoms with van der Waals surface area (Å²) in [6.07, 6.45) is 5.21. The molecule has 0 aliphatic rings. The Morgan fingerprint density at radius 2 is 1.93 bits per heavy atom. The van der Waals surface area contributed by atoms with Crippen LogP contribution >= 0.6 is 0 Å². The first kappa shape index (κ1) is 9.73. The largest absolute Gasteiger partial charge is 0.326 e. The van der Waals surface area contributed by atoms with Crippen molar-refractivity contribution in [3.63, 3.8) is 0 Å². The number of aryl methyl sites for hydroxylation is 1. The van der Waals surface area contributed by atoms with Crippen LogP contribution < -0.4 is 5.73 Å². The van der Waals surface area contributed by atoms with Gasteiger partial charge < -0.3 is 5.73 Å². The minimum Gasteiger partial charge on any atom is -0.326 e. The number of rotatable bonds is 2. The van der Waals surface area contributed by atoms with Gasteiger partial charge in [0.2, 0.25) is 0 Å². The van der Waals surface area contributed by atoms with Crippen LogP contribution in [0.5, 0.6) is 0 Å². The quantitative estimate of drug-likeness (QED) is 0.793. The third kappa shape index (κ3) is 2.16. The van der Waals surface area contributed by atoms with E-state index in [-0.39, 0.29) is 0 Å². The number of hydrogen-bond acceptors (Lipinski definition) is 4. The van der Waals surface area contributed by atoms with Crippen molar-refractivity contribution >= 4 is 0 Å². The minimum atomic E-state index is 0.460. The number of hydrogen-bond donors (Lipinski definition) is 1. The van der Waals surface area contributed by atoms with E-state index in [4.69, 9.17) is 5.73 Å². The normalized spacial score (nSPS) is 10.3. The van der Waals surface area contributed by atoms with E-state index in [2.05, 4.69) is 15.0 Å². The zero-order valence-electron chi connectivity index (χ0n) is 8.51. The summed E-state index contributed by atoms with van der Waals surface area (Å²) < 4.78 is 0. The van der Waals surface area contributed by atoms with Gasteiger partial charge in [-0.25, -0.2) is 9.97 Å². The molecule has 0 unspecified atom stereocenters. The lowest BCUT2D eigenvalue weighted by Gasteiger charge is -2.00. The van der Waals surface area contributed by atoms with E-state index >= 15 is 0 Å². The van der Waals surface area contributed by atoms with Crippen LogP contribution in [-0.4, -0.2) is 15.0 Å². The second-order valence-corrected chi connectivity index (χ2v) is 3.34. The van der Waals surface area contributed by atoms with Crippen molar-refractivity contribution in [2.24, 2.45) is 5.73 Å². The lowest BCUT2D eigenvalue weighted by atomic mass is 10.2. The lowest BCUT2D eigenvalue weighted by Crippen LogP contribution is -1.99. The van der Waals surface area contributed by atoms with E-state index in [9.17, 15) is 0 Å². The Hall–Kier alpha value is -1.81. The first-order chi connectivity index (χ1) is 7.29. The van der Waals surface area contributed by atoms with Gasteiger partial charge in [-0.3, -0.25) is 4.98 Å². The van der Waals surface area contributed by atoms with Crippen molar-refractivity contribution in [2.75, 3.05) is 0 Å². The molecule has 0 aromatic carbocycles. The number of aromatic nitrogens is 3. The first-order valence-electron chi connectivity index (χ1n) is 4.73. The van der Waals surface area contributed by atoms with Crippen molar-refractivity contribution in [2.45, 2.75) is 13.5 Å². The fourth-order valence-electron chi connectivity index (χ4n) is 1.25. The molecule has 2 N–H and O–H groups in total. The van der Waals surface area contributed by atoms with Crippen LogP contribution in [0.1, 0.15) is 11.1 Å². The summed E-state index contributed by atoms with van der Waals surface area (Å²) >= 11 is 0. The average molecular weight is 200 g/mol. The van der Waals surface area contributed by atoms with Crippen molar-refractivity contribution in [3.05, 3.63) is 41.9 Å². The molecule has 4 heteroatoms. The zero-order chi connectivity index (χ0) is 10.7. The highest BCUT2D eigenvalue weighted by Gasteiger charge is 2.02. The molecule has 0 radical (unpaired) electrons. The van der Waals surface area contributed by atoms with Crippen LogP contribution in [0.4, 0.5) is 0 Å². The number of pyridine rings is 1. The third-order valence-electron chi connectivity index (χ3n) is 2.09.